The molecular weight excluding hydrogens is 208 g/mol. The first-order valence-electron chi connectivity index (χ1n) is 3.80. The molecule has 0 spiro atoms. The minimum atomic E-state index is 0.246. The Morgan fingerprint density at radius 2 is 2.38 bits per heavy atom. The maximum Gasteiger partial charge on any atom is 0.225 e. The largest absolute Gasteiger partial charge is 0.341 e. The van der Waals surface area contributed by atoms with E-state index >= 15 is 0 Å². The first kappa shape index (κ1) is 8.77. The Labute approximate surface area is 84.1 Å². The highest BCUT2D eigenvalue weighted by atomic mass is 35.5. The molecule has 2 rings (SSSR count). The van der Waals surface area contributed by atoms with Crippen molar-refractivity contribution in [2.75, 3.05) is 5.75 Å². The molecule has 4 nitrogen and oxygen atoms in total. The van der Waals surface area contributed by atoms with Gasteiger partial charge in [-0.2, -0.15) is 4.98 Å². The van der Waals surface area contributed by atoms with Crippen molar-refractivity contribution < 1.29 is 0 Å². The third kappa shape index (κ3) is 1.62. The summed E-state index contributed by atoms with van der Waals surface area (Å²) in [4.78, 5) is 15.1. The van der Waals surface area contributed by atoms with Gasteiger partial charge in [-0.05, 0) is 17.4 Å². The van der Waals surface area contributed by atoms with E-state index in [-0.39, 0.29) is 5.28 Å². The highest BCUT2D eigenvalue weighted by Crippen LogP contribution is 2.23. The predicted octanol–water partition coefficient (Wildman–Crippen LogP) is 2.12. The Morgan fingerprint density at radius 3 is 3.15 bits per heavy atom. The van der Waals surface area contributed by atoms with Crippen LogP contribution in [0.5, 0.6) is 0 Å². The summed E-state index contributed by atoms with van der Waals surface area (Å²) in [5, 5.41) is 1.10. The summed E-state index contributed by atoms with van der Waals surface area (Å²) >= 11 is 7.34. The molecule has 0 saturated heterocycles. The summed E-state index contributed by atoms with van der Waals surface area (Å²) in [6.45, 7) is 2.06. The molecule has 2 aromatic rings. The number of rotatable bonds is 2. The first-order valence-corrected chi connectivity index (χ1v) is 5.17. The Morgan fingerprint density at radius 1 is 1.54 bits per heavy atom. The average molecular weight is 215 g/mol. The van der Waals surface area contributed by atoms with E-state index in [4.69, 9.17) is 11.6 Å². The lowest BCUT2D eigenvalue weighted by Crippen LogP contribution is -1.88. The van der Waals surface area contributed by atoms with Crippen molar-refractivity contribution in [2.24, 2.45) is 0 Å². The van der Waals surface area contributed by atoms with Crippen LogP contribution in [0, 0.1) is 0 Å². The number of aromatic nitrogens is 4. The van der Waals surface area contributed by atoms with Crippen molar-refractivity contribution in [1.82, 2.24) is 19.9 Å². The molecule has 0 aromatic carbocycles. The number of hydrogen-bond acceptors (Lipinski definition) is 4. The van der Waals surface area contributed by atoms with Gasteiger partial charge in [-0.1, -0.05) is 6.92 Å². The molecule has 13 heavy (non-hydrogen) atoms. The summed E-state index contributed by atoms with van der Waals surface area (Å²) in [5.41, 5.74) is 1.48. The van der Waals surface area contributed by atoms with Crippen LogP contribution in [0.3, 0.4) is 0 Å². The number of thioether (sulfide) groups is 1. The van der Waals surface area contributed by atoms with Gasteiger partial charge in [0.1, 0.15) is 10.5 Å². The van der Waals surface area contributed by atoms with Gasteiger partial charge < -0.3 is 4.98 Å². The predicted molar refractivity (Wildman–Crippen MR) is 53.1 cm³/mol. The first-order chi connectivity index (χ1) is 6.31. The maximum absolute atomic E-state index is 5.73. The van der Waals surface area contributed by atoms with E-state index in [9.17, 15) is 0 Å². The quantitative estimate of drug-likeness (QED) is 0.473. The normalized spacial score (nSPS) is 10.9. The number of aromatic amines is 1. The van der Waals surface area contributed by atoms with E-state index in [0.29, 0.717) is 5.65 Å². The molecule has 2 heterocycles. The number of nitrogens with one attached hydrogen (secondary N) is 1. The molecule has 6 heteroatoms. The van der Waals surface area contributed by atoms with Crippen LogP contribution in [-0.2, 0) is 0 Å². The van der Waals surface area contributed by atoms with Crippen LogP contribution in [0.4, 0.5) is 0 Å². The van der Waals surface area contributed by atoms with Gasteiger partial charge >= 0.3 is 0 Å². The lowest BCUT2D eigenvalue weighted by atomic mass is 10.6. The molecule has 0 unspecified atom stereocenters. The zero-order valence-corrected chi connectivity index (χ0v) is 8.48. The van der Waals surface area contributed by atoms with Crippen LogP contribution in [0.1, 0.15) is 6.92 Å². The van der Waals surface area contributed by atoms with E-state index in [2.05, 4.69) is 26.9 Å². The highest BCUT2D eigenvalue weighted by Gasteiger charge is 2.07. The number of hydrogen-bond donors (Lipinski definition) is 1. The third-order valence-corrected chi connectivity index (χ3v) is 2.53. The van der Waals surface area contributed by atoms with Gasteiger partial charge in [0.05, 0.1) is 6.33 Å². The lowest BCUT2D eigenvalue weighted by Gasteiger charge is -1.98. The molecule has 0 aliphatic heterocycles. The summed E-state index contributed by atoms with van der Waals surface area (Å²) in [7, 11) is 0. The number of halogens is 1. The summed E-state index contributed by atoms with van der Waals surface area (Å²) in [5.74, 6) is 0.946. The molecule has 0 radical (unpaired) electrons. The van der Waals surface area contributed by atoms with Gasteiger partial charge in [0, 0.05) is 0 Å². The van der Waals surface area contributed by atoms with Gasteiger partial charge in [-0.25, -0.2) is 9.97 Å². The van der Waals surface area contributed by atoms with Crippen molar-refractivity contribution in [3.63, 3.8) is 0 Å². The van der Waals surface area contributed by atoms with Crippen LogP contribution in [-0.4, -0.2) is 25.7 Å². The smallest absolute Gasteiger partial charge is 0.225 e. The Bertz CT molecular complexity index is 427. The molecule has 68 valence electrons. The van der Waals surface area contributed by atoms with Crippen molar-refractivity contribution in [2.45, 2.75) is 11.9 Å². The zero-order chi connectivity index (χ0) is 9.26. The fraction of sp³-hybridized carbons (Fsp3) is 0.286. The zero-order valence-electron chi connectivity index (χ0n) is 6.91. The molecule has 0 aliphatic rings. The van der Waals surface area contributed by atoms with Crippen LogP contribution in [0.2, 0.25) is 5.28 Å². The Kier molecular flexibility index (Phi) is 2.37. The summed E-state index contributed by atoms with van der Waals surface area (Å²) in [6.07, 6.45) is 1.59. The fourth-order valence-electron chi connectivity index (χ4n) is 1.02. The minimum Gasteiger partial charge on any atom is -0.341 e. The minimum absolute atomic E-state index is 0.246. The van der Waals surface area contributed by atoms with E-state index in [1.54, 1.807) is 18.1 Å². The number of nitrogens with zero attached hydrogens (tertiary/aromatic N) is 3. The number of H-pyrrole nitrogens is 1. The SMILES string of the molecule is CCSc1nc(Cl)nc2nc[nH]c12. The third-order valence-electron chi connectivity index (χ3n) is 1.51. The van der Waals surface area contributed by atoms with E-state index in [0.717, 1.165) is 16.3 Å². The molecular formula is C7H7ClN4S. The number of imidazole rings is 1. The van der Waals surface area contributed by atoms with Crippen LogP contribution < -0.4 is 0 Å². The molecule has 0 fully saturated rings. The van der Waals surface area contributed by atoms with E-state index in [1.165, 1.54) is 0 Å². The molecule has 0 aliphatic carbocycles. The molecule has 0 amide bonds. The molecule has 1 N–H and O–H groups in total. The van der Waals surface area contributed by atoms with Crippen molar-refractivity contribution >= 4 is 34.5 Å². The van der Waals surface area contributed by atoms with Gasteiger partial charge in [0.2, 0.25) is 5.28 Å². The standard InChI is InChI=1S/C7H7ClN4S/c1-2-13-6-4-5(10-3-9-4)11-7(8)12-6/h3H,2H2,1H3,(H,9,10,11,12). The molecule has 0 saturated carbocycles. The van der Waals surface area contributed by atoms with E-state index in [1.807, 2.05) is 0 Å². The van der Waals surface area contributed by atoms with Gasteiger partial charge in [0.15, 0.2) is 5.65 Å². The van der Waals surface area contributed by atoms with Crippen molar-refractivity contribution in [3.05, 3.63) is 11.6 Å². The Hall–Kier alpha value is -0.810. The van der Waals surface area contributed by atoms with Crippen LogP contribution in [0.25, 0.3) is 11.2 Å². The number of fused-ring (bicyclic) bond motifs is 1. The van der Waals surface area contributed by atoms with Crippen molar-refractivity contribution in [1.29, 1.82) is 0 Å². The second-order valence-corrected chi connectivity index (χ2v) is 3.92. The lowest BCUT2D eigenvalue weighted by molar-refractivity contribution is 1.09. The highest BCUT2D eigenvalue weighted by molar-refractivity contribution is 7.99. The van der Waals surface area contributed by atoms with Crippen molar-refractivity contribution in [3.8, 4) is 0 Å². The van der Waals surface area contributed by atoms with Crippen LogP contribution in [0.15, 0.2) is 11.4 Å². The van der Waals surface area contributed by atoms with Gasteiger partial charge in [-0.15, -0.1) is 11.8 Å². The van der Waals surface area contributed by atoms with Crippen LogP contribution >= 0.6 is 23.4 Å². The second kappa shape index (κ2) is 3.51. The monoisotopic (exact) mass is 214 g/mol. The maximum atomic E-state index is 5.73. The Balaban J connectivity index is 2.63. The topological polar surface area (TPSA) is 54.5 Å². The fourth-order valence-corrected chi connectivity index (χ4v) is 1.96. The molecule has 2 aromatic heterocycles. The summed E-state index contributed by atoms with van der Waals surface area (Å²) < 4.78 is 0. The van der Waals surface area contributed by atoms with Gasteiger partial charge in [-0.3, -0.25) is 0 Å². The average Bonchev–Trinajstić information content (AvgIpc) is 2.52. The summed E-state index contributed by atoms with van der Waals surface area (Å²) in [6, 6.07) is 0. The molecule has 0 bridgehead atoms. The second-order valence-electron chi connectivity index (χ2n) is 2.33. The van der Waals surface area contributed by atoms with Gasteiger partial charge in [0.25, 0.3) is 0 Å². The molecule has 0 atom stereocenters. The van der Waals surface area contributed by atoms with E-state index < -0.39 is 0 Å².